The van der Waals surface area contributed by atoms with Crippen molar-refractivity contribution in [1.29, 1.82) is 0 Å². The van der Waals surface area contributed by atoms with Crippen molar-refractivity contribution in [1.82, 2.24) is 0 Å². The largest absolute Gasteiger partial charge is 0.472 e. The third-order valence-corrected chi connectivity index (χ3v) is 5.50. The lowest BCUT2D eigenvalue weighted by molar-refractivity contribution is -0.123. The van der Waals surface area contributed by atoms with Gasteiger partial charge in [-0.25, -0.2) is 9.59 Å². The van der Waals surface area contributed by atoms with Crippen LogP contribution in [0.25, 0.3) is 0 Å². The van der Waals surface area contributed by atoms with Crippen LogP contribution in [0.4, 0.5) is 5.00 Å². The molecule has 1 aliphatic rings. The van der Waals surface area contributed by atoms with E-state index < -0.39 is 23.9 Å². The van der Waals surface area contributed by atoms with Crippen molar-refractivity contribution in [2.24, 2.45) is 0 Å². The maximum Gasteiger partial charge on any atom is 0.342 e. The Bertz CT molecular complexity index is 839. The highest BCUT2D eigenvalue weighted by Gasteiger charge is 2.29. The summed E-state index contributed by atoms with van der Waals surface area (Å²) in [5, 5.41) is 3.19. The molecule has 1 unspecified atom stereocenters. The van der Waals surface area contributed by atoms with Gasteiger partial charge in [-0.05, 0) is 51.2 Å². The summed E-state index contributed by atoms with van der Waals surface area (Å²) < 4.78 is 15.2. The highest BCUT2D eigenvalue weighted by atomic mass is 32.1. The van der Waals surface area contributed by atoms with Gasteiger partial charge < -0.3 is 19.2 Å². The van der Waals surface area contributed by atoms with Gasteiger partial charge in [0.05, 0.1) is 24.0 Å². The summed E-state index contributed by atoms with van der Waals surface area (Å²) in [6.07, 6.45) is 5.31. The number of rotatable bonds is 6. The molecular formula is C19H21NO6S. The standard InChI is InChI=1S/C19H21NO6S/c1-3-25-19(23)15-13-6-4-5-7-14(13)27-17(15)20-16(21)11(2)26-18(22)12-8-9-24-10-12/h8-11H,3-7H2,1-2H3,(H,20,21). The minimum atomic E-state index is -1.03. The molecule has 2 aromatic rings. The normalized spacial score (nSPS) is 14.1. The predicted molar refractivity (Wildman–Crippen MR) is 99.1 cm³/mol. The molecule has 3 rings (SSSR count). The van der Waals surface area contributed by atoms with Gasteiger partial charge in [-0.3, -0.25) is 4.79 Å². The fraction of sp³-hybridized carbons (Fsp3) is 0.421. The van der Waals surface area contributed by atoms with Crippen LogP contribution in [0.2, 0.25) is 0 Å². The fourth-order valence-corrected chi connectivity index (χ4v) is 4.23. The predicted octanol–water partition coefficient (Wildman–Crippen LogP) is 3.58. The quantitative estimate of drug-likeness (QED) is 0.757. The SMILES string of the molecule is CCOC(=O)c1c(NC(=O)C(C)OC(=O)c2ccoc2)sc2c1CCCC2. The maximum atomic E-state index is 12.5. The first kappa shape index (κ1) is 19.2. The zero-order chi connectivity index (χ0) is 19.4. The Morgan fingerprint density at radius 2 is 2.04 bits per heavy atom. The summed E-state index contributed by atoms with van der Waals surface area (Å²) in [7, 11) is 0. The lowest BCUT2D eigenvalue weighted by Gasteiger charge is -2.14. The van der Waals surface area contributed by atoms with E-state index in [1.807, 2.05) is 0 Å². The van der Waals surface area contributed by atoms with Gasteiger partial charge >= 0.3 is 11.9 Å². The molecule has 144 valence electrons. The highest BCUT2D eigenvalue weighted by molar-refractivity contribution is 7.17. The van der Waals surface area contributed by atoms with Crippen LogP contribution in [0.1, 0.15) is 57.8 Å². The number of carbonyl (C=O) groups is 3. The van der Waals surface area contributed by atoms with E-state index in [4.69, 9.17) is 13.9 Å². The fourth-order valence-electron chi connectivity index (χ4n) is 2.95. The minimum absolute atomic E-state index is 0.230. The molecule has 0 radical (unpaired) electrons. The Morgan fingerprint density at radius 3 is 2.74 bits per heavy atom. The van der Waals surface area contributed by atoms with E-state index >= 15 is 0 Å². The summed E-state index contributed by atoms with van der Waals surface area (Å²) in [6, 6.07) is 1.46. The van der Waals surface area contributed by atoms with Gasteiger partial charge in [-0.2, -0.15) is 0 Å². The minimum Gasteiger partial charge on any atom is -0.472 e. The molecule has 1 atom stereocenters. The average molecular weight is 391 g/mol. The number of thiophene rings is 1. The van der Waals surface area contributed by atoms with Crippen LogP contribution < -0.4 is 5.32 Å². The molecule has 2 heterocycles. The number of fused-ring (bicyclic) bond motifs is 1. The third kappa shape index (κ3) is 4.21. The van der Waals surface area contributed by atoms with Crippen molar-refractivity contribution in [3.8, 4) is 0 Å². The van der Waals surface area contributed by atoms with Crippen molar-refractivity contribution < 1.29 is 28.3 Å². The van der Waals surface area contributed by atoms with E-state index in [0.29, 0.717) is 10.6 Å². The second-order valence-electron chi connectivity index (χ2n) is 6.18. The summed E-state index contributed by atoms with van der Waals surface area (Å²) >= 11 is 1.39. The first-order chi connectivity index (χ1) is 13.0. The lowest BCUT2D eigenvalue weighted by Crippen LogP contribution is -2.30. The van der Waals surface area contributed by atoms with E-state index in [1.165, 1.54) is 36.9 Å². The summed E-state index contributed by atoms with van der Waals surface area (Å²) in [4.78, 5) is 38.0. The molecule has 1 aliphatic carbocycles. The number of amides is 1. The number of esters is 2. The molecule has 8 heteroatoms. The molecule has 0 saturated carbocycles. The summed E-state index contributed by atoms with van der Waals surface area (Å²) in [5.74, 6) is -1.59. The van der Waals surface area contributed by atoms with Gasteiger partial charge in [0, 0.05) is 4.88 Å². The first-order valence-electron chi connectivity index (χ1n) is 8.87. The van der Waals surface area contributed by atoms with Crippen LogP contribution in [0.3, 0.4) is 0 Å². The summed E-state index contributed by atoms with van der Waals surface area (Å²) in [5.41, 5.74) is 1.62. The Labute approximate surface area is 160 Å². The maximum absolute atomic E-state index is 12.5. The van der Waals surface area contributed by atoms with Crippen LogP contribution >= 0.6 is 11.3 Å². The number of hydrogen-bond acceptors (Lipinski definition) is 7. The third-order valence-electron chi connectivity index (χ3n) is 4.30. The summed E-state index contributed by atoms with van der Waals surface area (Å²) in [6.45, 7) is 3.48. The molecule has 1 N–H and O–H groups in total. The van der Waals surface area contributed by atoms with Crippen molar-refractivity contribution in [2.75, 3.05) is 11.9 Å². The zero-order valence-electron chi connectivity index (χ0n) is 15.2. The van der Waals surface area contributed by atoms with E-state index in [-0.39, 0.29) is 12.2 Å². The van der Waals surface area contributed by atoms with Crippen molar-refractivity contribution in [3.05, 3.63) is 40.2 Å². The van der Waals surface area contributed by atoms with Gasteiger partial charge in [0.1, 0.15) is 11.3 Å². The Hall–Kier alpha value is -2.61. The monoisotopic (exact) mass is 391 g/mol. The number of hydrogen-bond donors (Lipinski definition) is 1. The molecule has 1 amide bonds. The number of furan rings is 1. The molecule has 7 nitrogen and oxygen atoms in total. The molecular weight excluding hydrogens is 370 g/mol. The van der Waals surface area contributed by atoms with Crippen molar-refractivity contribution >= 4 is 34.2 Å². The van der Waals surface area contributed by atoms with Crippen LogP contribution in [-0.4, -0.2) is 30.6 Å². The van der Waals surface area contributed by atoms with E-state index in [1.54, 1.807) is 6.92 Å². The Morgan fingerprint density at radius 1 is 1.26 bits per heavy atom. The van der Waals surface area contributed by atoms with E-state index in [0.717, 1.165) is 36.1 Å². The van der Waals surface area contributed by atoms with Gasteiger partial charge in [0.25, 0.3) is 5.91 Å². The highest BCUT2D eigenvalue weighted by Crippen LogP contribution is 2.38. The lowest BCUT2D eigenvalue weighted by atomic mass is 9.95. The zero-order valence-corrected chi connectivity index (χ0v) is 16.0. The molecule has 0 aromatic carbocycles. The van der Waals surface area contributed by atoms with E-state index in [2.05, 4.69) is 5.32 Å². The van der Waals surface area contributed by atoms with Crippen LogP contribution in [0, 0.1) is 0 Å². The molecule has 0 saturated heterocycles. The topological polar surface area (TPSA) is 94.8 Å². The number of carbonyl (C=O) groups excluding carboxylic acids is 3. The first-order valence-corrected chi connectivity index (χ1v) is 9.68. The van der Waals surface area contributed by atoms with Crippen LogP contribution in [0.5, 0.6) is 0 Å². The average Bonchev–Trinajstić information content (AvgIpc) is 3.29. The van der Waals surface area contributed by atoms with Crippen LogP contribution in [-0.2, 0) is 27.1 Å². The van der Waals surface area contributed by atoms with Gasteiger partial charge in [0.2, 0.25) is 0 Å². The molecule has 0 fully saturated rings. The number of anilines is 1. The van der Waals surface area contributed by atoms with Gasteiger partial charge in [-0.15, -0.1) is 11.3 Å². The number of nitrogens with one attached hydrogen (secondary N) is 1. The molecule has 0 aliphatic heterocycles. The smallest absolute Gasteiger partial charge is 0.342 e. The van der Waals surface area contributed by atoms with E-state index in [9.17, 15) is 14.4 Å². The molecule has 0 bridgehead atoms. The number of aryl methyl sites for hydroxylation is 1. The number of ether oxygens (including phenoxy) is 2. The molecule has 2 aromatic heterocycles. The van der Waals surface area contributed by atoms with Crippen molar-refractivity contribution in [2.45, 2.75) is 45.6 Å². The Kier molecular flexibility index (Phi) is 5.95. The van der Waals surface area contributed by atoms with Gasteiger partial charge in [0.15, 0.2) is 6.10 Å². The van der Waals surface area contributed by atoms with Gasteiger partial charge in [-0.1, -0.05) is 0 Å². The second kappa shape index (κ2) is 8.39. The molecule has 27 heavy (non-hydrogen) atoms. The molecule has 0 spiro atoms. The van der Waals surface area contributed by atoms with Crippen LogP contribution in [0.15, 0.2) is 23.0 Å². The second-order valence-corrected chi connectivity index (χ2v) is 7.29. The van der Waals surface area contributed by atoms with Crippen molar-refractivity contribution in [3.63, 3.8) is 0 Å². The Balaban J connectivity index is 1.75.